The summed E-state index contributed by atoms with van der Waals surface area (Å²) in [6, 6.07) is 8.08. The SMILES string of the molecule is CCC(C)(C)c1ccc(OCC(C)C(=O)OC)cc1. The Balaban J connectivity index is 2.60. The highest BCUT2D eigenvalue weighted by atomic mass is 16.5. The molecule has 1 aromatic rings. The molecule has 0 spiro atoms. The first-order valence-corrected chi connectivity index (χ1v) is 6.72. The Morgan fingerprint density at radius 1 is 1.26 bits per heavy atom. The quantitative estimate of drug-likeness (QED) is 0.737. The molecular weight excluding hydrogens is 240 g/mol. The topological polar surface area (TPSA) is 35.5 Å². The molecule has 0 bridgehead atoms. The molecular formula is C16H24O3. The Labute approximate surface area is 115 Å². The van der Waals surface area contributed by atoms with Gasteiger partial charge in [-0.1, -0.05) is 32.9 Å². The van der Waals surface area contributed by atoms with Crippen LogP contribution in [0.1, 0.15) is 39.7 Å². The summed E-state index contributed by atoms with van der Waals surface area (Å²) in [7, 11) is 1.39. The van der Waals surface area contributed by atoms with Crippen molar-refractivity contribution in [2.24, 2.45) is 5.92 Å². The Morgan fingerprint density at radius 2 is 1.84 bits per heavy atom. The fourth-order valence-corrected chi connectivity index (χ4v) is 1.70. The molecule has 106 valence electrons. The highest BCUT2D eigenvalue weighted by Crippen LogP contribution is 2.28. The lowest BCUT2D eigenvalue weighted by atomic mass is 9.82. The van der Waals surface area contributed by atoms with Crippen molar-refractivity contribution >= 4 is 5.97 Å². The third-order valence-electron chi connectivity index (χ3n) is 3.62. The van der Waals surface area contributed by atoms with Crippen LogP contribution in [0.4, 0.5) is 0 Å². The van der Waals surface area contributed by atoms with E-state index in [2.05, 4.69) is 37.6 Å². The zero-order chi connectivity index (χ0) is 14.5. The van der Waals surface area contributed by atoms with Crippen molar-refractivity contribution in [2.75, 3.05) is 13.7 Å². The van der Waals surface area contributed by atoms with Gasteiger partial charge in [0.05, 0.1) is 13.0 Å². The lowest BCUT2D eigenvalue weighted by Crippen LogP contribution is -2.20. The minimum Gasteiger partial charge on any atom is -0.493 e. The summed E-state index contributed by atoms with van der Waals surface area (Å²) < 4.78 is 10.3. The second-order valence-corrected chi connectivity index (χ2v) is 5.50. The van der Waals surface area contributed by atoms with Gasteiger partial charge in [0, 0.05) is 0 Å². The average Bonchev–Trinajstić information content (AvgIpc) is 2.44. The van der Waals surface area contributed by atoms with Crippen molar-refractivity contribution < 1.29 is 14.3 Å². The first-order chi connectivity index (χ1) is 8.90. The Bertz CT molecular complexity index is 407. The summed E-state index contributed by atoms with van der Waals surface area (Å²) in [4.78, 5) is 11.3. The van der Waals surface area contributed by atoms with E-state index in [4.69, 9.17) is 4.74 Å². The molecule has 0 radical (unpaired) electrons. The molecule has 0 aliphatic heterocycles. The predicted octanol–water partition coefficient (Wildman–Crippen LogP) is 3.56. The molecule has 19 heavy (non-hydrogen) atoms. The number of methoxy groups -OCH3 is 1. The first kappa shape index (κ1) is 15.5. The second-order valence-electron chi connectivity index (χ2n) is 5.50. The Hall–Kier alpha value is -1.51. The third-order valence-corrected chi connectivity index (χ3v) is 3.62. The molecule has 0 amide bonds. The van der Waals surface area contributed by atoms with E-state index in [-0.39, 0.29) is 17.3 Å². The molecule has 0 saturated heterocycles. The lowest BCUT2D eigenvalue weighted by molar-refractivity contribution is -0.145. The number of ether oxygens (including phenoxy) is 2. The zero-order valence-corrected chi connectivity index (χ0v) is 12.5. The van der Waals surface area contributed by atoms with Crippen LogP contribution in [0.25, 0.3) is 0 Å². The van der Waals surface area contributed by atoms with Crippen LogP contribution < -0.4 is 4.74 Å². The summed E-state index contributed by atoms with van der Waals surface area (Å²) in [6.07, 6.45) is 1.09. The summed E-state index contributed by atoms with van der Waals surface area (Å²) in [6.45, 7) is 8.76. The first-order valence-electron chi connectivity index (χ1n) is 6.72. The highest BCUT2D eigenvalue weighted by Gasteiger charge is 2.18. The van der Waals surface area contributed by atoms with E-state index in [1.807, 2.05) is 12.1 Å². The molecule has 0 aliphatic carbocycles. The van der Waals surface area contributed by atoms with Crippen LogP contribution in [0.3, 0.4) is 0 Å². The Kier molecular flexibility index (Phi) is 5.40. The van der Waals surface area contributed by atoms with Crippen LogP contribution in [0.15, 0.2) is 24.3 Å². The molecule has 0 fully saturated rings. The fraction of sp³-hybridized carbons (Fsp3) is 0.562. The number of benzene rings is 1. The van der Waals surface area contributed by atoms with E-state index in [0.29, 0.717) is 6.61 Å². The van der Waals surface area contributed by atoms with E-state index < -0.39 is 0 Å². The third kappa shape index (κ3) is 4.27. The standard InChI is InChI=1S/C16H24O3/c1-6-16(3,4)13-7-9-14(10-8-13)19-11-12(2)15(17)18-5/h7-10,12H,6,11H2,1-5H3. The van der Waals surface area contributed by atoms with Gasteiger partial charge in [-0.15, -0.1) is 0 Å². The summed E-state index contributed by atoms with van der Waals surface area (Å²) in [5.74, 6) is 0.284. The van der Waals surface area contributed by atoms with Gasteiger partial charge in [0.2, 0.25) is 0 Å². The normalized spacial score (nSPS) is 12.9. The largest absolute Gasteiger partial charge is 0.493 e. The van der Waals surface area contributed by atoms with Gasteiger partial charge in [-0.3, -0.25) is 4.79 Å². The van der Waals surface area contributed by atoms with Crippen molar-refractivity contribution in [1.29, 1.82) is 0 Å². The maximum Gasteiger partial charge on any atom is 0.311 e. The van der Waals surface area contributed by atoms with E-state index in [9.17, 15) is 4.79 Å². The number of hydrogen-bond donors (Lipinski definition) is 0. The van der Waals surface area contributed by atoms with Crippen LogP contribution in [0.5, 0.6) is 5.75 Å². The summed E-state index contributed by atoms with van der Waals surface area (Å²) in [5, 5.41) is 0. The molecule has 3 nitrogen and oxygen atoms in total. The van der Waals surface area contributed by atoms with Crippen LogP contribution in [0, 0.1) is 5.92 Å². The van der Waals surface area contributed by atoms with E-state index >= 15 is 0 Å². The summed E-state index contributed by atoms with van der Waals surface area (Å²) >= 11 is 0. The number of hydrogen-bond acceptors (Lipinski definition) is 3. The van der Waals surface area contributed by atoms with Gasteiger partial charge in [-0.2, -0.15) is 0 Å². The molecule has 1 aromatic carbocycles. The number of rotatable bonds is 6. The smallest absolute Gasteiger partial charge is 0.311 e. The number of esters is 1. The van der Waals surface area contributed by atoms with Crippen molar-refractivity contribution in [3.63, 3.8) is 0 Å². The Morgan fingerprint density at radius 3 is 2.32 bits per heavy atom. The lowest BCUT2D eigenvalue weighted by Gasteiger charge is -2.23. The van der Waals surface area contributed by atoms with Gasteiger partial charge >= 0.3 is 5.97 Å². The molecule has 0 heterocycles. The molecule has 1 atom stereocenters. The van der Waals surface area contributed by atoms with Crippen molar-refractivity contribution in [3.05, 3.63) is 29.8 Å². The molecule has 0 saturated carbocycles. The zero-order valence-electron chi connectivity index (χ0n) is 12.5. The number of carbonyl (C=O) groups excluding carboxylic acids is 1. The molecule has 0 aliphatic rings. The van der Waals surface area contributed by atoms with Gasteiger partial charge in [-0.05, 0) is 36.5 Å². The minimum absolute atomic E-state index is 0.178. The maximum atomic E-state index is 11.3. The van der Waals surface area contributed by atoms with Gasteiger partial charge in [0.25, 0.3) is 0 Å². The van der Waals surface area contributed by atoms with Gasteiger partial charge in [0.15, 0.2) is 0 Å². The van der Waals surface area contributed by atoms with E-state index in [1.54, 1.807) is 6.92 Å². The van der Waals surface area contributed by atoms with Crippen LogP contribution in [-0.4, -0.2) is 19.7 Å². The maximum absolute atomic E-state index is 11.3. The average molecular weight is 264 g/mol. The van der Waals surface area contributed by atoms with Gasteiger partial charge < -0.3 is 9.47 Å². The predicted molar refractivity (Wildman–Crippen MR) is 76.4 cm³/mol. The second kappa shape index (κ2) is 6.60. The molecule has 0 N–H and O–H groups in total. The minimum atomic E-state index is -0.253. The summed E-state index contributed by atoms with van der Waals surface area (Å²) in [5.41, 5.74) is 1.47. The van der Waals surface area contributed by atoms with Gasteiger partial charge in [-0.25, -0.2) is 0 Å². The van der Waals surface area contributed by atoms with Gasteiger partial charge in [0.1, 0.15) is 12.4 Å². The van der Waals surface area contributed by atoms with Crippen LogP contribution >= 0.6 is 0 Å². The van der Waals surface area contributed by atoms with E-state index in [1.165, 1.54) is 12.7 Å². The molecule has 1 unspecified atom stereocenters. The molecule has 3 heteroatoms. The van der Waals surface area contributed by atoms with Crippen molar-refractivity contribution in [3.8, 4) is 5.75 Å². The fourth-order valence-electron chi connectivity index (χ4n) is 1.70. The number of carbonyl (C=O) groups is 1. The van der Waals surface area contributed by atoms with Crippen molar-refractivity contribution in [1.82, 2.24) is 0 Å². The van der Waals surface area contributed by atoms with E-state index in [0.717, 1.165) is 12.2 Å². The monoisotopic (exact) mass is 264 g/mol. The molecule has 0 aromatic heterocycles. The van der Waals surface area contributed by atoms with Crippen LogP contribution in [-0.2, 0) is 14.9 Å². The highest BCUT2D eigenvalue weighted by molar-refractivity contribution is 5.71. The van der Waals surface area contributed by atoms with Crippen molar-refractivity contribution in [2.45, 2.75) is 39.5 Å². The van der Waals surface area contributed by atoms with Crippen LogP contribution in [0.2, 0.25) is 0 Å². The molecule has 1 rings (SSSR count).